The van der Waals surface area contributed by atoms with Gasteiger partial charge in [-0.2, -0.15) is 0 Å². The van der Waals surface area contributed by atoms with E-state index in [0.717, 1.165) is 0 Å². The van der Waals surface area contributed by atoms with Gasteiger partial charge < -0.3 is 15.2 Å². The van der Waals surface area contributed by atoms with Crippen LogP contribution in [0, 0.1) is 5.92 Å². The van der Waals surface area contributed by atoms with E-state index < -0.39 is 6.10 Å². The molecule has 0 radical (unpaired) electrons. The van der Waals surface area contributed by atoms with Crippen molar-refractivity contribution in [2.75, 3.05) is 11.9 Å². The van der Waals surface area contributed by atoms with Gasteiger partial charge in [-0.1, -0.05) is 20.8 Å². The average Bonchev–Trinajstić information content (AvgIpc) is 2.36. The van der Waals surface area contributed by atoms with Crippen molar-refractivity contribution >= 4 is 11.7 Å². The number of nitrogens with one attached hydrogen (secondary N) is 1. The number of anilines is 1. The first kappa shape index (κ1) is 14.4. The van der Waals surface area contributed by atoms with Crippen LogP contribution in [-0.2, 0) is 4.79 Å². The van der Waals surface area contributed by atoms with Crippen LogP contribution in [0.5, 0.6) is 5.88 Å². The van der Waals surface area contributed by atoms with Crippen LogP contribution in [0.15, 0.2) is 12.4 Å². The standard InChI is InChI=1S/C12H19N3O3/c1-4-9(16)6-18-11-5-10(13-7-14-11)15-12(17)8(2)3/h5,7-9,16H,4,6H2,1-3H3,(H,13,14,15,17)/t9-/m1/s1. The number of amides is 1. The fraction of sp³-hybridized carbons (Fsp3) is 0.583. The maximum Gasteiger partial charge on any atom is 0.228 e. The second kappa shape index (κ2) is 6.90. The first-order valence-corrected chi connectivity index (χ1v) is 5.96. The number of hydrogen-bond donors (Lipinski definition) is 2. The van der Waals surface area contributed by atoms with E-state index in [2.05, 4.69) is 15.3 Å². The minimum Gasteiger partial charge on any atom is -0.475 e. The summed E-state index contributed by atoms with van der Waals surface area (Å²) in [5.41, 5.74) is 0. The normalized spacial score (nSPS) is 12.3. The maximum atomic E-state index is 11.5. The highest BCUT2D eigenvalue weighted by molar-refractivity contribution is 5.91. The molecule has 0 fully saturated rings. The molecule has 18 heavy (non-hydrogen) atoms. The molecule has 0 bridgehead atoms. The van der Waals surface area contributed by atoms with Crippen LogP contribution in [-0.4, -0.2) is 33.7 Å². The van der Waals surface area contributed by atoms with Crippen molar-refractivity contribution in [3.05, 3.63) is 12.4 Å². The smallest absolute Gasteiger partial charge is 0.228 e. The molecule has 1 atom stereocenters. The van der Waals surface area contributed by atoms with Crippen molar-refractivity contribution in [1.29, 1.82) is 0 Å². The van der Waals surface area contributed by atoms with Gasteiger partial charge in [-0.3, -0.25) is 4.79 Å². The van der Waals surface area contributed by atoms with E-state index >= 15 is 0 Å². The van der Waals surface area contributed by atoms with Crippen LogP contribution in [0.3, 0.4) is 0 Å². The largest absolute Gasteiger partial charge is 0.475 e. The van der Waals surface area contributed by atoms with Gasteiger partial charge in [-0.05, 0) is 6.42 Å². The fourth-order valence-corrected chi connectivity index (χ4v) is 1.06. The molecule has 0 aromatic carbocycles. The quantitative estimate of drug-likeness (QED) is 0.796. The minimum absolute atomic E-state index is 0.117. The Labute approximate surface area is 106 Å². The van der Waals surface area contributed by atoms with Crippen molar-refractivity contribution in [3.8, 4) is 5.88 Å². The lowest BCUT2D eigenvalue weighted by Crippen LogP contribution is -2.19. The Morgan fingerprint density at radius 2 is 2.22 bits per heavy atom. The Balaban J connectivity index is 2.59. The van der Waals surface area contributed by atoms with E-state index in [9.17, 15) is 9.90 Å². The zero-order valence-electron chi connectivity index (χ0n) is 10.9. The first-order chi connectivity index (χ1) is 8.52. The molecule has 0 aliphatic carbocycles. The van der Waals surface area contributed by atoms with Gasteiger partial charge >= 0.3 is 0 Å². The third-order valence-corrected chi connectivity index (χ3v) is 2.31. The topological polar surface area (TPSA) is 84.3 Å². The molecule has 0 saturated carbocycles. The summed E-state index contributed by atoms with van der Waals surface area (Å²) in [7, 11) is 0. The van der Waals surface area contributed by atoms with Gasteiger partial charge in [-0.25, -0.2) is 9.97 Å². The molecule has 6 heteroatoms. The summed E-state index contributed by atoms with van der Waals surface area (Å²) in [5.74, 6) is 0.487. The summed E-state index contributed by atoms with van der Waals surface area (Å²) < 4.78 is 5.29. The number of carbonyl (C=O) groups excluding carboxylic acids is 1. The number of nitrogens with zero attached hydrogens (tertiary/aromatic N) is 2. The SMILES string of the molecule is CC[C@@H](O)COc1cc(NC(=O)C(C)C)ncn1. The summed E-state index contributed by atoms with van der Waals surface area (Å²) in [6, 6.07) is 1.53. The van der Waals surface area contributed by atoms with Crippen molar-refractivity contribution in [2.45, 2.75) is 33.3 Å². The minimum atomic E-state index is -0.520. The average molecular weight is 253 g/mol. The van der Waals surface area contributed by atoms with Crippen LogP contribution in [0.25, 0.3) is 0 Å². The van der Waals surface area contributed by atoms with E-state index in [1.165, 1.54) is 12.4 Å². The number of carbonyl (C=O) groups is 1. The molecular weight excluding hydrogens is 234 g/mol. The summed E-state index contributed by atoms with van der Waals surface area (Å²) in [4.78, 5) is 19.3. The molecule has 6 nitrogen and oxygen atoms in total. The highest BCUT2D eigenvalue weighted by atomic mass is 16.5. The van der Waals surface area contributed by atoms with Gasteiger partial charge in [0, 0.05) is 12.0 Å². The molecule has 0 aliphatic rings. The van der Waals surface area contributed by atoms with Crippen LogP contribution in [0.4, 0.5) is 5.82 Å². The predicted molar refractivity (Wildman–Crippen MR) is 67.3 cm³/mol. The lowest BCUT2D eigenvalue weighted by atomic mass is 10.2. The van der Waals surface area contributed by atoms with Gasteiger partial charge in [0.05, 0.1) is 6.10 Å². The molecule has 0 spiro atoms. The second-order valence-corrected chi connectivity index (χ2v) is 4.26. The van der Waals surface area contributed by atoms with E-state index in [4.69, 9.17) is 4.74 Å². The lowest BCUT2D eigenvalue weighted by Gasteiger charge is -2.10. The Morgan fingerprint density at radius 3 is 2.83 bits per heavy atom. The second-order valence-electron chi connectivity index (χ2n) is 4.26. The number of ether oxygens (including phenoxy) is 1. The summed E-state index contributed by atoms with van der Waals surface area (Å²) in [6.07, 6.45) is 1.40. The Morgan fingerprint density at radius 1 is 1.50 bits per heavy atom. The fourth-order valence-electron chi connectivity index (χ4n) is 1.06. The molecular formula is C12H19N3O3. The molecule has 0 unspecified atom stereocenters. The van der Waals surface area contributed by atoms with Crippen LogP contribution < -0.4 is 10.1 Å². The number of aromatic nitrogens is 2. The molecule has 1 rings (SSSR count). The maximum absolute atomic E-state index is 11.5. The molecule has 1 amide bonds. The highest BCUT2D eigenvalue weighted by Crippen LogP contribution is 2.12. The van der Waals surface area contributed by atoms with Gasteiger partial charge in [0.1, 0.15) is 18.8 Å². The monoisotopic (exact) mass is 253 g/mol. The zero-order chi connectivity index (χ0) is 13.5. The third kappa shape index (κ3) is 4.67. The number of rotatable bonds is 6. The lowest BCUT2D eigenvalue weighted by molar-refractivity contribution is -0.118. The molecule has 1 aromatic heterocycles. The summed E-state index contributed by atoms with van der Waals surface area (Å²) >= 11 is 0. The van der Waals surface area contributed by atoms with Crippen LogP contribution in [0.1, 0.15) is 27.2 Å². The molecule has 2 N–H and O–H groups in total. The Hall–Kier alpha value is -1.69. The molecule has 0 saturated heterocycles. The zero-order valence-corrected chi connectivity index (χ0v) is 10.9. The number of aliphatic hydroxyl groups is 1. The van der Waals surface area contributed by atoms with Crippen LogP contribution in [0.2, 0.25) is 0 Å². The third-order valence-electron chi connectivity index (χ3n) is 2.31. The van der Waals surface area contributed by atoms with Crippen molar-refractivity contribution in [1.82, 2.24) is 9.97 Å². The molecule has 0 aliphatic heterocycles. The Kier molecular flexibility index (Phi) is 5.51. The Bertz CT molecular complexity index is 396. The van der Waals surface area contributed by atoms with Gasteiger partial charge in [0.2, 0.25) is 11.8 Å². The number of aliphatic hydroxyl groups excluding tert-OH is 1. The van der Waals surface area contributed by atoms with Crippen molar-refractivity contribution in [2.24, 2.45) is 5.92 Å². The van der Waals surface area contributed by atoms with E-state index in [1.807, 2.05) is 6.92 Å². The summed E-state index contributed by atoms with van der Waals surface area (Å²) in [6.45, 7) is 5.63. The van der Waals surface area contributed by atoms with E-state index in [1.54, 1.807) is 13.8 Å². The van der Waals surface area contributed by atoms with Crippen molar-refractivity contribution in [3.63, 3.8) is 0 Å². The van der Waals surface area contributed by atoms with E-state index in [-0.39, 0.29) is 18.4 Å². The summed E-state index contributed by atoms with van der Waals surface area (Å²) in [5, 5.41) is 12.0. The van der Waals surface area contributed by atoms with E-state index in [0.29, 0.717) is 18.1 Å². The van der Waals surface area contributed by atoms with Gasteiger partial charge in [0.15, 0.2) is 0 Å². The van der Waals surface area contributed by atoms with Gasteiger partial charge in [0.25, 0.3) is 0 Å². The predicted octanol–water partition coefficient (Wildman–Crippen LogP) is 1.22. The van der Waals surface area contributed by atoms with Crippen LogP contribution >= 0.6 is 0 Å². The van der Waals surface area contributed by atoms with Crippen molar-refractivity contribution < 1.29 is 14.6 Å². The first-order valence-electron chi connectivity index (χ1n) is 5.96. The van der Waals surface area contributed by atoms with Gasteiger partial charge in [-0.15, -0.1) is 0 Å². The molecule has 100 valence electrons. The number of hydrogen-bond acceptors (Lipinski definition) is 5. The molecule has 1 heterocycles. The molecule has 1 aromatic rings. The highest BCUT2D eigenvalue weighted by Gasteiger charge is 2.09.